The zero-order valence-corrected chi connectivity index (χ0v) is 26.1. The van der Waals surface area contributed by atoms with E-state index >= 15 is 0 Å². The molecule has 0 amide bonds. The standard InChI is InChI=1S/C33H42O10/c1-16(2)30(38)43-29-20-11-19-21-12-25(36)42-28(18-9-10-40-15-18)32(21,6)14-22(41-17(3)34)26(19)33(7,27(20)37)23(31(29,4)5)13-24(35)39-8/h9-11,15-16,20-23,26,28-29H,12-14H2,1-8H3/t20-,21+,22-,23+,26-,28+,29-,32-,33+/m1/s1. The molecule has 10 nitrogen and oxygen atoms in total. The summed E-state index contributed by atoms with van der Waals surface area (Å²) in [7, 11) is 1.30. The molecule has 1 saturated heterocycles. The molecule has 5 rings (SSSR count). The van der Waals surface area contributed by atoms with Gasteiger partial charge in [0.05, 0.1) is 37.9 Å². The summed E-state index contributed by atoms with van der Waals surface area (Å²) in [6, 6.07) is 1.75. The van der Waals surface area contributed by atoms with Gasteiger partial charge in [-0.2, -0.15) is 0 Å². The number of Topliss-reactive ketones (excluding diaryl/α,β-unsaturated/α-hetero) is 1. The Labute approximate surface area is 251 Å². The molecule has 0 aromatic carbocycles. The van der Waals surface area contributed by atoms with Gasteiger partial charge in [0, 0.05) is 47.0 Å². The Balaban J connectivity index is 1.75. The molecule has 234 valence electrons. The van der Waals surface area contributed by atoms with Crippen LogP contribution in [0.2, 0.25) is 0 Å². The Morgan fingerprint density at radius 1 is 1.09 bits per heavy atom. The van der Waals surface area contributed by atoms with E-state index in [0.717, 1.165) is 5.57 Å². The van der Waals surface area contributed by atoms with Gasteiger partial charge in [0.25, 0.3) is 0 Å². The van der Waals surface area contributed by atoms with Crippen molar-refractivity contribution in [3.05, 3.63) is 35.8 Å². The Morgan fingerprint density at radius 2 is 1.79 bits per heavy atom. The molecule has 43 heavy (non-hydrogen) atoms. The lowest BCUT2D eigenvalue weighted by Crippen LogP contribution is -2.69. The quantitative estimate of drug-likeness (QED) is 0.256. The number of carbonyl (C=O) groups excluding carboxylic acids is 5. The molecular weight excluding hydrogens is 556 g/mol. The van der Waals surface area contributed by atoms with E-state index in [1.54, 1.807) is 26.2 Å². The van der Waals surface area contributed by atoms with Crippen LogP contribution in [0.5, 0.6) is 0 Å². The average molecular weight is 599 g/mol. The summed E-state index contributed by atoms with van der Waals surface area (Å²) < 4.78 is 28.5. The smallest absolute Gasteiger partial charge is 0.308 e. The third-order valence-corrected chi connectivity index (χ3v) is 10.8. The topological polar surface area (TPSA) is 135 Å². The number of cyclic esters (lactones) is 1. The summed E-state index contributed by atoms with van der Waals surface area (Å²) in [5.41, 5.74) is -1.29. The summed E-state index contributed by atoms with van der Waals surface area (Å²) in [6.07, 6.45) is 2.90. The molecule has 1 aromatic rings. The number of ether oxygens (including phenoxy) is 4. The van der Waals surface area contributed by atoms with E-state index in [0.29, 0.717) is 12.0 Å². The van der Waals surface area contributed by atoms with Crippen LogP contribution < -0.4 is 0 Å². The number of methoxy groups -OCH3 is 1. The van der Waals surface area contributed by atoms with E-state index in [1.807, 2.05) is 33.8 Å². The number of carbonyl (C=O) groups is 5. The lowest BCUT2D eigenvalue weighted by Gasteiger charge is -2.65. The summed E-state index contributed by atoms with van der Waals surface area (Å²) in [6.45, 7) is 12.5. The van der Waals surface area contributed by atoms with Crippen LogP contribution >= 0.6 is 0 Å². The fourth-order valence-electron chi connectivity index (χ4n) is 8.83. The SMILES string of the molecule is COC(=O)C[C@H]1C(C)(C)[C@H](OC(=O)C(C)C)[C@@H]2C=C3[C@H]([C@H](OC(C)=O)C[C@]4(C)[C@H]3CC(=O)O[C@H]4c3ccoc3)[C@@]1(C)C2=O. The molecule has 3 aliphatic carbocycles. The van der Waals surface area contributed by atoms with Crippen LogP contribution in [-0.2, 0) is 42.9 Å². The molecular formula is C33H42O10. The van der Waals surface area contributed by atoms with E-state index in [2.05, 4.69) is 0 Å². The minimum absolute atomic E-state index is 0.0679. The average Bonchev–Trinajstić information content (AvgIpc) is 3.45. The minimum atomic E-state index is -1.21. The van der Waals surface area contributed by atoms with Crippen LogP contribution in [0.25, 0.3) is 0 Å². The monoisotopic (exact) mass is 598 g/mol. The first-order valence-electron chi connectivity index (χ1n) is 15.0. The number of furan rings is 1. The normalized spacial score (nSPS) is 37.8. The van der Waals surface area contributed by atoms with Gasteiger partial charge in [-0.3, -0.25) is 24.0 Å². The van der Waals surface area contributed by atoms with Crippen LogP contribution in [0.1, 0.15) is 79.4 Å². The molecule has 0 unspecified atom stereocenters. The maximum Gasteiger partial charge on any atom is 0.308 e. The Morgan fingerprint density at radius 3 is 2.37 bits per heavy atom. The van der Waals surface area contributed by atoms with Gasteiger partial charge in [-0.25, -0.2) is 0 Å². The van der Waals surface area contributed by atoms with Crippen molar-refractivity contribution in [2.24, 2.45) is 45.8 Å². The van der Waals surface area contributed by atoms with Gasteiger partial charge in [0.15, 0.2) is 0 Å². The molecule has 2 heterocycles. The molecule has 0 radical (unpaired) electrons. The Kier molecular flexibility index (Phi) is 7.66. The lowest BCUT2D eigenvalue weighted by molar-refractivity contribution is -0.212. The highest BCUT2D eigenvalue weighted by Gasteiger charge is 2.71. The summed E-state index contributed by atoms with van der Waals surface area (Å²) in [4.78, 5) is 66.3. The number of hydrogen-bond acceptors (Lipinski definition) is 10. The highest BCUT2D eigenvalue weighted by molar-refractivity contribution is 5.94. The summed E-state index contributed by atoms with van der Waals surface area (Å²) in [5.74, 6) is -4.90. The number of fused-ring (bicyclic) bond motifs is 6. The van der Waals surface area contributed by atoms with Crippen molar-refractivity contribution < 1.29 is 47.3 Å². The van der Waals surface area contributed by atoms with Crippen molar-refractivity contribution in [1.29, 1.82) is 0 Å². The maximum absolute atomic E-state index is 14.7. The van der Waals surface area contributed by atoms with Crippen molar-refractivity contribution in [3.63, 3.8) is 0 Å². The first kappa shape index (κ1) is 31.0. The maximum atomic E-state index is 14.7. The molecule has 2 saturated carbocycles. The van der Waals surface area contributed by atoms with Crippen molar-refractivity contribution >= 4 is 29.7 Å². The predicted octanol–water partition coefficient (Wildman–Crippen LogP) is 4.76. The second-order valence-corrected chi connectivity index (χ2v) is 14.0. The Hall–Kier alpha value is -3.43. The zero-order chi connectivity index (χ0) is 31.6. The molecule has 2 bridgehead atoms. The number of ketones is 1. The van der Waals surface area contributed by atoms with Gasteiger partial charge in [0.2, 0.25) is 0 Å². The second kappa shape index (κ2) is 10.6. The van der Waals surface area contributed by atoms with Crippen molar-refractivity contribution in [2.75, 3.05) is 7.11 Å². The van der Waals surface area contributed by atoms with Gasteiger partial charge < -0.3 is 23.4 Å². The van der Waals surface area contributed by atoms with Gasteiger partial charge in [-0.1, -0.05) is 53.2 Å². The first-order chi connectivity index (χ1) is 20.1. The van der Waals surface area contributed by atoms with E-state index in [9.17, 15) is 24.0 Å². The highest BCUT2D eigenvalue weighted by atomic mass is 16.6. The fraction of sp³-hybridized carbons (Fsp3) is 0.667. The second-order valence-electron chi connectivity index (χ2n) is 14.0. The Bertz CT molecular complexity index is 1360. The molecule has 1 aliphatic heterocycles. The highest BCUT2D eigenvalue weighted by Crippen LogP contribution is 2.68. The summed E-state index contributed by atoms with van der Waals surface area (Å²) >= 11 is 0. The molecule has 0 N–H and O–H groups in total. The van der Waals surface area contributed by atoms with Gasteiger partial charge in [-0.05, 0) is 18.4 Å². The molecule has 9 atom stereocenters. The third-order valence-electron chi connectivity index (χ3n) is 10.8. The van der Waals surface area contributed by atoms with Crippen LogP contribution in [-0.4, -0.2) is 49.0 Å². The largest absolute Gasteiger partial charge is 0.472 e. The molecule has 4 aliphatic rings. The molecule has 0 spiro atoms. The van der Waals surface area contributed by atoms with Crippen molar-refractivity contribution in [1.82, 2.24) is 0 Å². The lowest BCUT2D eigenvalue weighted by atomic mass is 9.40. The van der Waals surface area contributed by atoms with Gasteiger partial charge >= 0.3 is 23.9 Å². The summed E-state index contributed by atoms with van der Waals surface area (Å²) in [5, 5.41) is 0. The van der Waals surface area contributed by atoms with E-state index < -0.39 is 76.1 Å². The van der Waals surface area contributed by atoms with Gasteiger partial charge in [0.1, 0.15) is 24.1 Å². The van der Waals surface area contributed by atoms with Crippen molar-refractivity contribution in [2.45, 2.75) is 86.0 Å². The zero-order valence-electron chi connectivity index (χ0n) is 26.1. The third kappa shape index (κ3) is 4.72. The number of hydrogen-bond donors (Lipinski definition) is 0. The van der Waals surface area contributed by atoms with Crippen molar-refractivity contribution in [3.8, 4) is 0 Å². The van der Waals surface area contributed by atoms with E-state index in [1.165, 1.54) is 20.3 Å². The number of rotatable bonds is 6. The molecule has 10 heteroatoms. The van der Waals surface area contributed by atoms with Gasteiger partial charge in [-0.15, -0.1) is 0 Å². The fourth-order valence-corrected chi connectivity index (χ4v) is 8.83. The minimum Gasteiger partial charge on any atom is -0.472 e. The van der Waals surface area contributed by atoms with Crippen LogP contribution in [0.15, 0.2) is 34.7 Å². The van der Waals surface area contributed by atoms with E-state index in [4.69, 9.17) is 23.4 Å². The molecule has 3 fully saturated rings. The first-order valence-corrected chi connectivity index (χ1v) is 15.0. The number of esters is 4. The van der Waals surface area contributed by atoms with E-state index in [-0.39, 0.29) is 30.5 Å². The van der Waals surface area contributed by atoms with Crippen LogP contribution in [0, 0.1) is 45.8 Å². The molecule has 1 aromatic heterocycles. The predicted molar refractivity (Wildman–Crippen MR) is 151 cm³/mol. The van der Waals surface area contributed by atoms with Crippen LogP contribution in [0.3, 0.4) is 0 Å². The van der Waals surface area contributed by atoms with Crippen LogP contribution in [0.4, 0.5) is 0 Å².